The summed E-state index contributed by atoms with van der Waals surface area (Å²) in [7, 11) is 0. The topological polar surface area (TPSA) is 148 Å². The summed E-state index contributed by atoms with van der Waals surface area (Å²) in [5.74, 6) is -2.20. The van der Waals surface area contributed by atoms with E-state index in [9.17, 15) is 29.3 Å². The number of Topliss-reactive ketones (excluding diaryl/α,β-unsaturated/α-hetero) is 1. The molecule has 1 aliphatic heterocycles. The fourth-order valence-electron chi connectivity index (χ4n) is 2.40. The van der Waals surface area contributed by atoms with E-state index < -0.39 is 40.0 Å². The second kappa shape index (κ2) is 7.30. The fourth-order valence-corrected chi connectivity index (χ4v) is 2.40. The number of carbonyl (C=O) groups is 4. The maximum Gasteiger partial charge on any atom is 0.269 e. The fraction of sp³-hybridized carbons (Fsp3) is 0.375. The highest BCUT2D eigenvalue weighted by atomic mass is 16.6. The summed E-state index contributed by atoms with van der Waals surface area (Å²) < 4.78 is 0. The predicted octanol–water partition coefficient (Wildman–Crippen LogP) is 0.276. The number of nitrogens with one attached hydrogen (secondary N) is 3. The van der Waals surface area contributed by atoms with Crippen LogP contribution in [0.4, 0.5) is 11.4 Å². The second-order valence-corrected chi connectivity index (χ2v) is 6.08. The van der Waals surface area contributed by atoms with Crippen molar-refractivity contribution in [2.45, 2.75) is 38.3 Å². The van der Waals surface area contributed by atoms with Crippen LogP contribution in [-0.4, -0.2) is 40.0 Å². The van der Waals surface area contributed by atoms with Crippen LogP contribution < -0.4 is 16.0 Å². The van der Waals surface area contributed by atoms with Crippen molar-refractivity contribution in [1.29, 1.82) is 0 Å². The number of rotatable bonds is 5. The molecule has 26 heavy (non-hydrogen) atoms. The third-order valence-corrected chi connectivity index (χ3v) is 4.07. The van der Waals surface area contributed by atoms with Crippen LogP contribution in [0.15, 0.2) is 24.3 Å². The zero-order valence-corrected chi connectivity index (χ0v) is 14.2. The van der Waals surface area contributed by atoms with E-state index in [0.29, 0.717) is 5.69 Å². The van der Waals surface area contributed by atoms with Gasteiger partial charge in [-0.15, -0.1) is 0 Å². The molecule has 0 unspecified atom stereocenters. The molecule has 0 aromatic heterocycles. The SMILES string of the molecule is C[C@H](NC(=O)[C@]1(C)NC(=O)CCC1=O)C(=O)Nc1ccc([N+](=O)[O-])cc1. The Labute approximate surface area is 148 Å². The number of non-ortho nitro benzene ring substituents is 1. The molecule has 10 heteroatoms. The Bertz CT molecular complexity index is 775. The molecule has 0 aliphatic carbocycles. The van der Waals surface area contributed by atoms with Gasteiger partial charge in [0.15, 0.2) is 11.3 Å². The van der Waals surface area contributed by atoms with E-state index in [2.05, 4.69) is 16.0 Å². The first kappa shape index (κ1) is 19.0. The average molecular weight is 362 g/mol. The summed E-state index contributed by atoms with van der Waals surface area (Å²) in [4.78, 5) is 58.1. The third kappa shape index (κ3) is 4.02. The Morgan fingerprint density at radius 1 is 1.23 bits per heavy atom. The van der Waals surface area contributed by atoms with Gasteiger partial charge in [0.25, 0.3) is 11.6 Å². The monoisotopic (exact) mass is 362 g/mol. The van der Waals surface area contributed by atoms with Crippen molar-refractivity contribution in [1.82, 2.24) is 10.6 Å². The minimum absolute atomic E-state index is 0.0257. The molecular formula is C16H18N4O6. The van der Waals surface area contributed by atoms with Gasteiger partial charge in [-0.1, -0.05) is 0 Å². The van der Waals surface area contributed by atoms with Gasteiger partial charge in [0.2, 0.25) is 11.8 Å². The van der Waals surface area contributed by atoms with Gasteiger partial charge in [0.05, 0.1) is 4.92 Å². The van der Waals surface area contributed by atoms with Gasteiger partial charge in [-0.05, 0) is 26.0 Å². The highest BCUT2D eigenvalue weighted by molar-refractivity contribution is 6.15. The average Bonchev–Trinajstić information content (AvgIpc) is 2.58. The van der Waals surface area contributed by atoms with E-state index in [4.69, 9.17) is 0 Å². The van der Waals surface area contributed by atoms with Gasteiger partial charge in [-0.25, -0.2) is 0 Å². The number of nitro groups is 1. The third-order valence-electron chi connectivity index (χ3n) is 4.07. The van der Waals surface area contributed by atoms with Crippen LogP contribution in [0.5, 0.6) is 0 Å². The minimum atomic E-state index is -1.71. The largest absolute Gasteiger partial charge is 0.342 e. The molecule has 0 radical (unpaired) electrons. The first-order valence-corrected chi connectivity index (χ1v) is 7.84. The van der Waals surface area contributed by atoms with E-state index in [1.807, 2.05) is 0 Å². The molecule has 1 heterocycles. The van der Waals surface area contributed by atoms with Gasteiger partial charge in [-0.2, -0.15) is 0 Å². The van der Waals surface area contributed by atoms with E-state index in [1.54, 1.807) is 0 Å². The van der Waals surface area contributed by atoms with Gasteiger partial charge < -0.3 is 16.0 Å². The highest BCUT2D eigenvalue weighted by Gasteiger charge is 2.45. The molecule has 0 bridgehead atoms. The summed E-state index contributed by atoms with van der Waals surface area (Å²) in [6.07, 6.45) is -0.0169. The number of carbonyl (C=O) groups excluding carboxylic acids is 4. The molecule has 1 fully saturated rings. The van der Waals surface area contributed by atoms with Crippen LogP contribution >= 0.6 is 0 Å². The number of piperidine rings is 1. The van der Waals surface area contributed by atoms with Gasteiger partial charge in [-0.3, -0.25) is 29.3 Å². The van der Waals surface area contributed by atoms with Crippen molar-refractivity contribution < 1.29 is 24.1 Å². The first-order chi connectivity index (χ1) is 12.1. The van der Waals surface area contributed by atoms with Crippen LogP contribution in [0, 0.1) is 10.1 Å². The lowest BCUT2D eigenvalue weighted by Gasteiger charge is -2.32. The van der Waals surface area contributed by atoms with Gasteiger partial charge in [0.1, 0.15) is 6.04 Å². The van der Waals surface area contributed by atoms with Crippen LogP contribution in [0.1, 0.15) is 26.7 Å². The molecule has 0 spiro atoms. The number of nitrogens with zero attached hydrogens (tertiary/aromatic N) is 1. The van der Waals surface area contributed by atoms with Crippen LogP contribution in [0.2, 0.25) is 0 Å². The van der Waals surface area contributed by atoms with Crippen molar-refractivity contribution in [3.63, 3.8) is 0 Å². The van der Waals surface area contributed by atoms with Crippen molar-refractivity contribution in [3.05, 3.63) is 34.4 Å². The maximum atomic E-state index is 12.4. The summed E-state index contributed by atoms with van der Waals surface area (Å²) in [6.45, 7) is 2.71. The van der Waals surface area contributed by atoms with Crippen molar-refractivity contribution in [2.75, 3.05) is 5.32 Å². The molecule has 10 nitrogen and oxygen atoms in total. The Kier molecular flexibility index (Phi) is 5.34. The molecule has 138 valence electrons. The smallest absolute Gasteiger partial charge is 0.269 e. The number of benzene rings is 1. The minimum Gasteiger partial charge on any atom is -0.342 e. The molecular weight excluding hydrogens is 344 g/mol. The predicted molar refractivity (Wildman–Crippen MR) is 90.1 cm³/mol. The lowest BCUT2D eigenvalue weighted by atomic mass is 9.88. The van der Waals surface area contributed by atoms with Crippen LogP contribution in [0.3, 0.4) is 0 Å². The van der Waals surface area contributed by atoms with E-state index >= 15 is 0 Å². The molecule has 0 saturated carbocycles. The summed E-state index contributed by atoms with van der Waals surface area (Å²) in [5, 5.41) is 17.9. The second-order valence-electron chi connectivity index (χ2n) is 6.08. The van der Waals surface area contributed by atoms with E-state index in [1.165, 1.54) is 38.1 Å². The molecule has 3 N–H and O–H groups in total. The number of hydrogen-bond donors (Lipinski definition) is 3. The molecule has 1 saturated heterocycles. The molecule has 2 atom stereocenters. The van der Waals surface area contributed by atoms with Crippen molar-refractivity contribution in [3.8, 4) is 0 Å². The first-order valence-electron chi connectivity index (χ1n) is 7.84. The maximum absolute atomic E-state index is 12.4. The summed E-state index contributed by atoms with van der Waals surface area (Å²) >= 11 is 0. The molecule has 1 aromatic carbocycles. The number of hydrogen-bond acceptors (Lipinski definition) is 6. The quantitative estimate of drug-likeness (QED) is 0.389. The Morgan fingerprint density at radius 2 is 1.85 bits per heavy atom. The van der Waals surface area contributed by atoms with Crippen LogP contribution in [0.25, 0.3) is 0 Å². The standard InChI is InChI=1S/C16H18N4O6/c1-9(14(23)18-10-3-5-11(6-4-10)20(25)26)17-15(24)16(2)12(21)7-8-13(22)19-16/h3-6,9H,7-8H2,1-2H3,(H,17,24)(H,18,23)(H,19,22)/t9-,16+/m0/s1. The molecule has 1 aliphatic rings. The Morgan fingerprint density at radius 3 is 2.42 bits per heavy atom. The summed E-state index contributed by atoms with van der Waals surface area (Å²) in [6, 6.07) is 4.18. The highest BCUT2D eigenvalue weighted by Crippen LogP contribution is 2.17. The number of nitro benzene ring substituents is 1. The van der Waals surface area contributed by atoms with E-state index in [-0.39, 0.29) is 18.5 Å². The number of amides is 3. The molecule has 3 amide bonds. The zero-order chi connectivity index (χ0) is 19.5. The van der Waals surface area contributed by atoms with Gasteiger partial charge in [0, 0.05) is 30.7 Å². The lowest BCUT2D eigenvalue weighted by Crippen LogP contribution is -2.65. The lowest BCUT2D eigenvalue weighted by molar-refractivity contribution is -0.384. The molecule has 2 rings (SSSR count). The normalized spacial score (nSPS) is 20.7. The number of anilines is 1. The zero-order valence-electron chi connectivity index (χ0n) is 14.2. The van der Waals surface area contributed by atoms with Crippen LogP contribution in [-0.2, 0) is 19.2 Å². The van der Waals surface area contributed by atoms with Crippen molar-refractivity contribution in [2.24, 2.45) is 0 Å². The van der Waals surface area contributed by atoms with Crippen molar-refractivity contribution >= 4 is 34.9 Å². The summed E-state index contributed by atoms with van der Waals surface area (Å²) in [5.41, 5.74) is -1.52. The van der Waals surface area contributed by atoms with Gasteiger partial charge >= 0.3 is 0 Å². The Hall–Kier alpha value is -3.30. The number of ketones is 1. The van der Waals surface area contributed by atoms with E-state index in [0.717, 1.165) is 0 Å². The molecule has 1 aromatic rings. The Balaban J connectivity index is 1.99.